The van der Waals surface area contributed by atoms with Gasteiger partial charge in [-0.3, -0.25) is 0 Å². The summed E-state index contributed by atoms with van der Waals surface area (Å²) in [6.45, 7) is 6.53. The van der Waals surface area contributed by atoms with Crippen molar-refractivity contribution in [3.8, 4) is 0 Å². The molecular formula is C21H40O. The molecule has 1 heteroatoms. The Hall–Kier alpha value is -0.0400. The summed E-state index contributed by atoms with van der Waals surface area (Å²) in [5.41, 5.74) is 0. The average molecular weight is 309 g/mol. The highest BCUT2D eigenvalue weighted by atomic mass is 16.5. The molecule has 0 aromatic rings. The summed E-state index contributed by atoms with van der Waals surface area (Å²) in [7, 11) is 0. The van der Waals surface area contributed by atoms with Crippen molar-refractivity contribution in [3.63, 3.8) is 0 Å². The van der Waals surface area contributed by atoms with Gasteiger partial charge in [0.2, 0.25) is 0 Å². The van der Waals surface area contributed by atoms with Gasteiger partial charge in [-0.2, -0.15) is 0 Å². The molecule has 0 aromatic carbocycles. The quantitative estimate of drug-likeness (QED) is 0.436. The molecule has 0 aliphatic heterocycles. The molecule has 1 nitrogen and oxygen atoms in total. The monoisotopic (exact) mass is 308 g/mol. The van der Waals surface area contributed by atoms with Crippen LogP contribution in [0.25, 0.3) is 0 Å². The second kappa shape index (κ2) is 10.7. The minimum atomic E-state index is 0.868. The lowest BCUT2D eigenvalue weighted by molar-refractivity contribution is 0.0763. The van der Waals surface area contributed by atoms with Crippen LogP contribution in [0.15, 0.2) is 0 Å². The second-order valence-corrected chi connectivity index (χ2v) is 8.21. The molecule has 0 unspecified atom stereocenters. The van der Waals surface area contributed by atoms with E-state index < -0.39 is 0 Å². The van der Waals surface area contributed by atoms with Crippen molar-refractivity contribution in [3.05, 3.63) is 0 Å². The highest BCUT2D eigenvalue weighted by Crippen LogP contribution is 2.37. The predicted molar refractivity (Wildman–Crippen MR) is 96.1 cm³/mol. The van der Waals surface area contributed by atoms with Gasteiger partial charge in [-0.15, -0.1) is 0 Å². The molecule has 2 aliphatic rings. The normalized spacial score (nSPS) is 33.0. The molecule has 0 N–H and O–H groups in total. The Morgan fingerprint density at radius 2 is 1.05 bits per heavy atom. The van der Waals surface area contributed by atoms with Crippen molar-refractivity contribution in [2.75, 3.05) is 13.2 Å². The van der Waals surface area contributed by atoms with E-state index in [2.05, 4.69) is 13.8 Å². The zero-order valence-corrected chi connectivity index (χ0v) is 15.3. The Morgan fingerprint density at radius 1 is 0.591 bits per heavy atom. The SMILES string of the molecule is CCCOCC1CCC(CC[C@H]2CC[C@H](CCC)CC2)CC1. The molecule has 0 bridgehead atoms. The zero-order chi connectivity index (χ0) is 15.6. The van der Waals surface area contributed by atoms with Crippen molar-refractivity contribution in [1.82, 2.24) is 0 Å². The summed E-state index contributed by atoms with van der Waals surface area (Å²) in [6, 6.07) is 0. The fourth-order valence-electron chi connectivity index (χ4n) is 4.77. The largest absolute Gasteiger partial charge is 0.381 e. The van der Waals surface area contributed by atoms with E-state index in [1.807, 2.05) is 0 Å². The maximum Gasteiger partial charge on any atom is 0.0494 e. The first kappa shape index (κ1) is 18.3. The van der Waals surface area contributed by atoms with Crippen molar-refractivity contribution >= 4 is 0 Å². The third-order valence-corrected chi connectivity index (χ3v) is 6.31. The van der Waals surface area contributed by atoms with Crippen LogP contribution in [0.1, 0.15) is 97.3 Å². The van der Waals surface area contributed by atoms with Crippen molar-refractivity contribution in [2.24, 2.45) is 23.7 Å². The molecule has 0 spiro atoms. The van der Waals surface area contributed by atoms with Gasteiger partial charge < -0.3 is 4.74 Å². The molecule has 0 atom stereocenters. The van der Waals surface area contributed by atoms with Crippen LogP contribution in [-0.4, -0.2) is 13.2 Å². The van der Waals surface area contributed by atoms with Crippen LogP contribution in [0.5, 0.6) is 0 Å². The zero-order valence-electron chi connectivity index (χ0n) is 15.3. The van der Waals surface area contributed by atoms with Crippen LogP contribution in [-0.2, 0) is 4.74 Å². The van der Waals surface area contributed by atoms with Gasteiger partial charge in [-0.05, 0) is 42.9 Å². The fraction of sp³-hybridized carbons (Fsp3) is 1.00. The van der Waals surface area contributed by atoms with Crippen LogP contribution >= 0.6 is 0 Å². The van der Waals surface area contributed by atoms with E-state index in [0.29, 0.717) is 0 Å². The van der Waals surface area contributed by atoms with E-state index in [-0.39, 0.29) is 0 Å². The summed E-state index contributed by atoms with van der Waals surface area (Å²) in [4.78, 5) is 0. The topological polar surface area (TPSA) is 9.23 Å². The van der Waals surface area contributed by atoms with Gasteiger partial charge in [0.25, 0.3) is 0 Å². The maximum atomic E-state index is 5.74. The highest BCUT2D eigenvalue weighted by molar-refractivity contribution is 4.76. The minimum absolute atomic E-state index is 0.868. The van der Waals surface area contributed by atoms with E-state index in [9.17, 15) is 0 Å². The number of hydrogen-bond acceptors (Lipinski definition) is 1. The first-order chi connectivity index (χ1) is 10.8. The molecule has 2 rings (SSSR count). The molecular weight excluding hydrogens is 268 g/mol. The summed E-state index contributed by atoms with van der Waals surface area (Å²) in [5, 5.41) is 0. The molecule has 0 heterocycles. The molecule has 2 aliphatic carbocycles. The van der Waals surface area contributed by atoms with Crippen molar-refractivity contribution in [1.29, 1.82) is 0 Å². The Morgan fingerprint density at radius 3 is 1.50 bits per heavy atom. The van der Waals surface area contributed by atoms with Gasteiger partial charge >= 0.3 is 0 Å². The van der Waals surface area contributed by atoms with E-state index in [0.717, 1.165) is 43.3 Å². The third kappa shape index (κ3) is 6.60. The Labute approximate surface area is 139 Å². The van der Waals surface area contributed by atoms with E-state index in [1.54, 1.807) is 0 Å². The average Bonchev–Trinajstić information content (AvgIpc) is 2.56. The molecule has 2 saturated carbocycles. The molecule has 0 aromatic heterocycles. The van der Waals surface area contributed by atoms with Gasteiger partial charge in [0.15, 0.2) is 0 Å². The van der Waals surface area contributed by atoms with Gasteiger partial charge in [-0.1, -0.05) is 78.1 Å². The van der Waals surface area contributed by atoms with E-state index >= 15 is 0 Å². The number of ether oxygens (including phenoxy) is 1. The van der Waals surface area contributed by atoms with Crippen LogP contribution < -0.4 is 0 Å². The van der Waals surface area contributed by atoms with Gasteiger partial charge in [0.05, 0.1) is 0 Å². The first-order valence-corrected chi connectivity index (χ1v) is 10.4. The lowest BCUT2D eigenvalue weighted by atomic mass is 9.75. The Bertz CT molecular complexity index is 259. The first-order valence-electron chi connectivity index (χ1n) is 10.4. The summed E-state index contributed by atoms with van der Waals surface area (Å²) < 4.78 is 5.74. The highest BCUT2D eigenvalue weighted by Gasteiger charge is 2.24. The standard InChI is InChI=1S/C21H40O/c1-3-5-18-6-8-19(9-7-18)10-11-20-12-14-21(15-13-20)17-22-16-4-2/h18-21H,3-17H2,1-2H3/t18-,19-,20?,21?. The molecule has 2 fully saturated rings. The summed E-state index contributed by atoms with van der Waals surface area (Å²) in [6.07, 6.45) is 19.0. The smallest absolute Gasteiger partial charge is 0.0494 e. The van der Waals surface area contributed by atoms with Crippen LogP contribution in [0, 0.1) is 23.7 Å². The van der Waals surface area contributed by atoms with Gasteiger partial charge in [0.1, 0.15) is 0 Å². The summed E-state index contributed by atoms with van der Waals surface area (Å²) in [5.74, 6) is 4.04. The third-order valence-electron chi connectivity index (χ3n) is 6.31. The Kier molecular flexibility index (Phi) is 8.89. The molecule has 22 heavy (non-hydrogen) atoms. The van der Waals surface area contributed by atoms with Crippen LogP contribution in [0.4, 0.5) is 0 Å². The number of rotatable bonds is 9. The van der Waals surface area contributed by atoms with Crippen LogP contribution in [0.2, 0.25) is 0 Å². The molecule has 0 radical (unpaired) electrons. The lowest BCUT2D eigenvalue weighted by Gasteiger charge is -2.32. The van der Waals surface area contributed by atoms with E-state index in [4.69, 9.17) is 4.74 Å². The summed E-state index contributed by atoms with van der Waals surface area (Å²) >= 11 is 0. The van der Waals surface area contributed by atoms with Crippen molar-refractivity contribution in [2.45, 2.75) is 97.3 Å². The fourth-order valence-corrected chi connectivity index (χ4v) is 4.77. The second-order valence-electron chi connectivity index (χ2n) is 8.21. The van der Waals surface area contributed by atoms with Crippen molar-refractivity contribution < 1.29 is 4.74 Å². The molecule has 0 saturated heterocycles. The van der Waals surface area contributed by atoms with E-state index in [1.165, 1.54) is 77.0 Å². The minimum Gasteiger partial charge on any atom is -0.381 e. The Balaban J connectivity index is 1.52. The maximum absolute atomic E-state index is 5.74. The number of hydrogen-bond donors (Lipinski definition) is 0. The van der Waals surface area contributed by atoms with Gasteiger partial charge in [-0.25, -0.2) is 0 Å². The lowest BCUT2D eigenvalue weighted by Crippen LogP contribution is -2.20. The predicted octanol–water partition coefficient (Wildman–Crippen LogP) is 6.61. The van der Waals surface area contributed by atoms with Gasteiger partial charge in [0, 0.05) is 13.2 Å². The molecule has 0 amide bonds. The van der Waals surface area contributed by atoms with Crippen LogP contribution in [0.3, 0.4) is 0 Å². The molecule has 130 valence electrons.